The predicted octanol–water partition coefficient (Wildman–Crippen LogP) is 4.37. The van der Waals surface area contributed by atoms with Gasteiger partial charge in [-0.15, -0.1) is 0 Å². The van der Waals surface area contributed by atoms with E-state index >= 15 is 0 Å². The van der Waals surface area contributed by atoms with Gasteiger partial charge in [-0.2, -0.15) is 0 Å². The summed E-state index contributed by atoms with van der Waals surface area (Å²) in [7, 11) is -2.93. The number of hydrogen-bond acceptors (Lipinski definition) is 6. The molecule has 0 fully saturated rings. The van der Waals surface area contributed by atoms with Crippen molar-refractivity contribution in [1.82, 2.24) is 0 Å². The third-order valence-corrected chi connectivity index (χ3v) is 4.52. The van der Waals surface area contributed by atoms with Crippen LogP contribution < -0.4 is 9.26 Å². The zero-order chi connectivity index (χ0) is 20.7. The number of benzene rings is 2. The maximum atomic E-state index is 12.4. The molecule has 0 spiro atoms. The number of ether oxygens (including phenoxy) is 2. The molecule has 150 valence electrons. The van der Waals surface area contributed by atoms with Crippen molar-refractivity contribution in [2.45, 2.75) is 20.0 Å². The highest BCUT2D eigenvalue weighted by molar-refractivity contribution is 7.47. The number of carbonyl (C=O) groups excluding carboxylic acids is 1. The molecule has 2 aromatic carbocycles. The van der Waals surface area contributed by atoms with Crippen LogP contribution in [0.1, 0.15) is 13.8 Å². The number of esters is 1. The molecule has 2 aromatic rings. The van der Waals surface area contributed by atoms with Crippen LogP contribution in [0, 0.1) is 0 Å². The van der Waals surface area contributed by atoms with E-state index < -0.39 is 19.9 Å². The Morgan fingerprint density at radius 3 is 2.50 bits per heavy atom. The third-order valence-electron chi connectivity index (χ3n) is 3.61. The Kier molecular flexibility index (Phi) is 7.40. The molecule has 2 atom stereocenters. The summed E-state index contributed by atoms with van der Waals surface area (Å²) in [6.45, 7) is 6.19. The van der Waals surface area contributed by atoms with Gasteiger partial charge in [0.1, 0.15) is 17.6 Å². The van der Waals surface area contributed by atoms with Gasteiger partial charge in [-0.1, -0.05) is 36.9 Å². The summed E-state index contributed by atoms with van der Waals surface area (Å²) in [5, 5.41) is 0. The smallest absolute Gasteiger partial charge is 0.497 e. The van der Waals surface area contributed by atoms with Crippen LogP contribution in [0.15, 0.2) is 60.7 Å². The molecule has 2 rings (SSSR count). The fourth-order valence-electron chi connectivity index (χ4n) is 2.23. The molecule has 7 nitrogen and oxygen atoms in total. The van der Waals surface area contributed by atoms with Crippen LogP contribution >= 0.6 is 7.82 Å². The number of phosphoric ester groups is 1. The molecule has 0 aliphatic heterocycles. The summed E-state index contributed by atoms with van der Waals surface area (Å²) < 4.78 is 32.8. The summed E-state index contributed by atoms with van der Waals surface area (Å²) in [5.74, 6) is 0.121. The molecule has 0 bridgehead atoms. The topological polar surface area (TPSA) is 91.3 Å². The van der Waals surface area contributed by atoms with Crippen molar-refractivity contribution in [1.29, 1.82) is 0 Å². The van der Waals surface area contributed by atoms with Crippen LogP contribution in [0.25, 0.3) is 11.1 Å². The second kappa shape index (κ2) is 9.55. The number of phosphoric acid groups is 1. The van der Waals surface area contributed by atoms with Gasteiger partial charge in [0.05, 0.1) is 13.7 Å². The molecule has 0 aromatic heterocycles. The van der Waals surface area contributed by atoms with Gasteiger partial charge in [0, 0.05) is 11.1 Å². The van der Waals surface area contributed by atoms with Gasteiger partial charge in [-0.3, -0.25) is 9.42 Å². The van der Waals surface area contributed by atoms with E-state index in [1.165, 1.54) is 27.0 Å². The Labute approximate surface area is 164 Å². The average Bonchev–Trinajstić information content (AvgIpc) is 2.67. The molecular formula is C20H23O7P. The van der Waals surface area contributed by atoms with E-state index in [0.717, 1.165) is 5.56 Å². The fourth-order valence-corrected chi connectivity index (χ4v) is 3.08. The molecule has 0 amide bonds. The van der Waals surface area contributed by atoms with E-state index in [4.69, 9.17) is 18.5 Å². The van der Waals surface area contributed by atoms with E-state index in [-0.39, 0.29) is 17.9 Å². The zero-order valence-corrected chi connectivity index (χ0v) is 16.8. The summed E-state index contributed by atoms with van der Waals surface area (Å²) in [5.41, 5.74) is 1.57. The minimum Gasteiger partial charge on any atom is -0.497 e. The Morgan fingerprint density at radius 2 is 1.89 bits per heavy atom. The third kappa shape index (κ3) is 6.23. The number of methoxy groups -OCH3 is 1. The first-order chi connectivity index (χ1) is 13.2. The lowest BCUT2D eigenvalue weighted by molar-refractivity contribution is -0.144. The Hall–Kier alpha value is -2.60. The van der Waals surface area contributed by atoms with Crippen LogP contribution in [-0.4, -0.2) is 30.7 Å². The highest BCUT2D eigenvalue weighted by Gasteiger charge is 2.27. The minimum atomic E-state index is -4.46. The van der Waals surface area contributed by atoms with Gasteiger partial charge >= 0.3 is 13.8 Å². The first-order valence-electron chi connectivity index (χ1n) is 8.48. The van der Waals surface area contributed by atoms with Crippen LogP contribution in [0.4, 0.5) is 0 Å². The SMILES string of the molecule is C=C(C)C(=O)OC(C)COP(=O)(O)Oc1ccc(OC)cc1-c1ccccc1. The second-order valence-corrected chi connectivity index (χ2v) is 7.46. The van der Waals surface area contributed by atoms with Crippen LogP contribution in [0.5, 0.6) is 11.5 Å². The molecule has 1 N–H and O–H groups in total. The molecule has 0 aliphatic carbocycles. The van der Waals surface area contributed by atoms with Crippen molar-refractivity contribution in [2.75, 3.05) is 13.7 Å². The summed E-state index contributed by atoms with van der Waals surface area (Å²) in [6.07, 6.45) is -0.752. The van der Waals surface area contributed by atoms with Crippen molar-refractivity contribution in [3.05, 3.63) is 60.7 Å². The molecule has 0 heterocycles. The number of carbonyl (C=O) groups is 1. The van der Waals surface area contributed by atoms with Gasteiger partial charge in [0.15, 0.2) is 0 Å². The highest BCUT2D eigenvalue weighted by atomic mass is 31.2. The van der Waals surface area contributed by atoms with Gasteiger partial charge in [-0.25, -0.2) is 9.36 Å². The van der Waals surface area contributed by atoms with Crippen molar-refractivity contribution >= 4 is 13.8 Å². The van der Waals surface area contributed by atoms with Crippen molar-refractivity contribution in [2.24, 2.45) is 0 Å². The summed E-state index contributed by atoms with van der Waals surface area (Å²) >= 11 is 0. The van der Waals surface area contributed by atoms with Crippen LogP contribution in [-0.2, 0) is 18.6 Å². The van der Waals surface area contributed by atoms with Gasteiger partial charge in [0.25, 0.3) is 0 Å². The minimum absolute atomic E-state index is 0.157. The summed E-state index contributed by atoms with van der Waals surface area (Å²) in [4.78, 5) is 21.6. The van der Waals surface area contributed by atoms with Gasteiger partial charge in [-0.05, 0) is 37.6 Å². The quantitative estimate of drug-likeness (QED) is 0.376. The van der Waals surface area contributed by atoms with E-state index in [1.807, 2.05) is 30.3 Å². The van der Waals surface area contributed by atoms with Crippen molar-refractivity contribution in [3.8, 4) is 22.6 Å². The molecule has 0 aliphatic rings. The Balaban J connectivity index is 2.14. The predicted molar refractivity (Wildman–Crippen MR) is 105 cm³/mol. The molecular weight excluding hydrogens is 383 g/mol. The maximum absolute atomic E-state index is 12.4. The van der Waals surface area contributed by atoms with E-state index in [0.29, 0.717) is 11.3 Å². The number of hydrogen-bond donors (Lipinski definition) is 1. The first-order valence-corrected chi connectivity index (χ1v) is 9.98. The van der Waals surface area contributed by atoms with Gasteiger partial charge < -0.3 is 14.0 Å². The first kappa shape index (κ1) is 21.7. The molecule has 0 saturated heterocycles. The standard InChI is InChI=1S/C20H23O7P/c1-14(2)20(21)26-15(3)13-25-28(22,23)27-19-11-10-17(24-4)12-18(19)16-8-6-5-7-9-16/h5-12,15H,1,13H2,2-4H3,(H,22,23). The fraction of sp³-hybridized carbons (Fsp3) is 0.250. The second-order valence-electron chi connectivity index (χ2n) is 6.08. The lowest BCUT2D eigenvalue weighted by atomic mass is 10.0. The summed E-state index contributed by atoms with van der Waals surface area (Å²) in [6, 6.07) is 14.0. The molecule has 8 heteroatoms. The molecule has 2 unspecified atom stereocenters. The largest absolute Gasteiger partial charge is 0.527 e. The Morgan fingerprint density at radius 1 is 1.21 bits per heavy atom. The van der Waals surface area contributed by atoms with E-state index in [1.54, 1.807) is 12.1 Å². The Bertz CT molecular complexity index is 879. The van der Waals surface area contributed by atoms with Crippen LogP contribution in [0.2, 0.25) is 0 Å². The monoisotopic (exact) mass is 406 g/mol. The average molecular weight is 406 g/mol. The molecule has 28 heavy (non-hydrogen) atoms. The maximum Gasteiger partial charge on any atom is 0.527 e. The zero-order valence-electron chi connectivity index (χ0n) is 16.0. The highest BCUT2D eigenvalue weighted by Crippen LogP contribution is 2.47. The van der Waals surface area contributed by atoms with Crippen LogP contribution in [0.3, 0.4) is 0 Å². The van der Waals surface area contributed by atoms with E-state index in [9.17, 15) is 14.3 Å². The normalized spacial score (nSPS) is 13.9. The molecule has 0 saturated carbocycles. The molecule has 0 radical (unpaired) electrons. The number of rotatable bonds is 9. The van der Waals surface area contributed by atoms with E-state index in [2.05, 4.69) is 6.58 Å². The lowest BCUT2D eigenvalue weighted by Gasteiger charge is -2.19. The van der Waals surface area contributed by atoms with Crippen molar-refractivity contribution in [3.63, 3.8) is 0 Å². The van der Waals surface area contributed by atoms with Gasteiger partial charge in [0.2, 0.25) is 0 Å². The van der Waals surface area contributed by atoms with Crippen molar-refractivity contribution < 1.29 is 32.8 Å². The lowest BCUT2D eigenvalue weighted by Crippen LogP contribution is -2.20.